The summed E-state index contributed by atoms with van der Waals surface area (Å²) in [6.07, 6.45) is 4.04. The van der Waals surface area contributed by atoms with E-state index in [1.54, 1.807) is 12.3 Å². The summed E-state index contributed by atoms with van der Waals surface area (Å²) >= 11 is 0. The van der Waals surface area contributed by atoms with Crippen molar-refractivity contribution in [1.82, 2.24) is 9.97 Å². The normalized spacial score (nSPS) is 12.1. The molecule has 1 rings (SSSR count). The molecule has 0 aliphatic heterocycles. The fourth-order valence-corrected chi connectivity index (χ4v) is 1.34. The maximum Gasteiger partial charge on any atom is 0.326 e. The number of nitrogens with zero attached hydrogens (tertiary/aromatic N) is 2. The van der Waals surface area contributed by atoms with Crippen LogP contribution in [0.25, 0.3) is 0 Å². The van der Waals surface area contributed by atoms with Gasteiger partial charge in [0.1, 0.15) is 6.04 Å². The molecule has 1 aromatic heterocycles. The number of nitrogens with one attached hydrogen (secondary N) is 1. The maximum absolute atomic E-state index is 11.0. The highest BCUT2D eigenvalue weighted by atomic mass is 16.4. The van der Waals surface area contributed by atoms with E-state index in [1.165, 1.54) is 0 Å². The highest BCUT2D eigenvalue weighted by molar-refractivity contribution is 5.76. The van der Waals surface area contributed by atoms with Gasteiger partial charge in [0.25, 0.3) is 0 Å². The number of unbranched alkanes of at least 4 members (excludes halogenated alkanes) is 1. The Morgan fingerprint density at radius 2 is 2.38 bits per heavy atom. The molecule has 2 N–H and O–H groups in total. The minimum absolute atomic E-state index is 0.378. The van der Waals surface area contributed by atoms with Crippen molar-refractivity contribution in [2.75, 3.05) is 5.32 Å². The summed E-state index contributed by atoms with van der Waals surface area (Å²) in [5.74, 6) is -0.484. The van der Waals surface area contributed by atoms with Crippen LogP contribution in [0.2, 0.25) is 0 Å². The van der Waals surface area contributed by atoms with Crippen molar-refractivity contribution in [3.05, 3.63) is 18.0 Å². The lowest BCUT2D eigenvalue weighted by Gasteiger charge is -2.13. The van der Waals surface area contributed by atoms with Crippen molar-refractivity contribution in [3.8, 4) is 0 Å². The van der Waals surface area contributed by atoms with Crippen molar-refractivity contribution in [2.24, 2.45) is 0 Å². The van der Waals surface area contributed by atoms with Crippen molar-refractivity contribution in [1.29, 1.82) is 0 Å². The second-order valence-electron chi connectivity index (χ2n) is 3.70. The van der Waals surface area contributed by atoms with Crippen molar-refractivity contribution >= 4 is 11.9 Å². The van der Waals surface area contributed by atoms with Gasteiger partial charge in [0.05, 0.1) is 0 Å². The smallest absolute Gasteiger partial charge is 0.326 e. The van der Waals surface area contributed by atoms with Gasteiger partial charge in [0.15, 0.2) is 0 Å². The van der Waals surface area contributed by atoms with Crippen molar-refractivity contribution in [2.45, 2.75) is 39.2 Å². The van der Waals surface area contributed by atoms with Gasteiger partial charge < -0.3 is 10.4 Å². The number of rotatable bonds is 6. The average Bonchev–Trinajstić information content (AvgIpc) is 2.24. The molecule has 88 valence electrons. The molecule has 0 fully saturated rings. The summed E-state index contributed by atoms with van der Waals surface area (Å²) in [5.41, 5.74) is 0.817. The summed E-state index contributed by atoms with van der Waals surface area (Å²) in [6.45, 7) is 3.87. The largest absolute Gasteiger partial charge is 0.480 e. The van der Waals surface area contributed by atoms with Gasteiger partial charge in [-0.1, -0.05) is 19.8 Å². The lowest BCUT2D eigenvalue weighted by molar-refractivity contribution is -0.138. The molecular weight excluding hydrogens is 206 g/mol. The van der Waals surface area contributed by atoms with E-state index in [0.717, 1.165) is 18.5 Å². The van der Waals surface area contributed by atoms with E-state index in [0.29, 0.717) is 12.4 Å². The first-order chi connectivity index (χ1) is 7.63. The van der Waals surface area contributed by atoms with Gasteiger partial charge in [-0.05, 0) is 19.4 Å². The number of hydrogen-bond donors (Lipinski definition) is 2. The molecule has 0 amide bonds. The number of hydrogen-bond acceptors (Lipinski definition) is 4. The molecule has 0 aliphatic carbocycles. The Bertz CT molecular complexity index is 355. The van der Waals surface area contributed by atoms with E-state index >= 15 is 0 Å². The summed E-state index contributed by atoms with van der Waals surface area (Å²) in [5, 5.41) is 11.8. The monoisotopic (exact) mass is 223 g/mol. The molecule has 1 atom stereocenters. The number of carboxylic acids is 1. The number of anilines is 1. The van der Waals surface area contributed by atoms with Gasteiger partial charge in [-0.15, -0.1) is 0 Å². The molecule has 1 heterocycles. The molecule has 5 nitrogen and oxygen atoms in total. The van der Waals surface area contributed by atoms with Crippen LogP contribution < -0.4 is 5.32 Å². The first-order valence-corrected chi connectivity index (χ1v) is 5.42. The van der Waals surface area contributed by atoms with Crippen LogP contribution in [-0.2, 0) is 4.79 Å². The van der Waals surface area contributed by atoms with Crippen LogP contribution in [0.15, 0.2) is 12.3 Å². The van der Waals surface area contributed by atoms with Gasteiger partial charge in [0, 0.05) is 11.9 Å². The Labute approximate surface area is 94.9 Å². The van der Waals surface area contributed by atoms with E-state index in [4.69, 9.17) is 5.11 Å². The molecule has 0 unspecified atom stereocenters. The first kappa shape index (κ1) is 12.4. The fraction of sp³-hybridized carbons (Fsp3) is 0.545. The van der Waals surface area contributed by atoms with Gasteiger partial charge >= 0.3 is 5.97 Å². The Balaban J connectivity index is 2.64. The second-order valence-corrected chi connectivity index (χ2v) is 3.70. The summed E-state index contributed by atoms with van der Waals surface area (Å²) in [7, 11) is 0. The summed E-state index contributed by atoms with van der Waals surface area (Å²) in [6, 6.07) is 1.16. The van der Waals surface area contributed by atoms with Gasteiger partial charge in [-0.25, -0.2) is 14.8 Å². The van der Waals surface area contributed by atoms with Crippen LogP contribution >= 0.6 is 0 Å². The Hall–Kier alpha value is -1.65. The molecule has 1 aromatic rings. The third-order valence-corrected chi connectivity index (χ3v) is 2.24. The van der Waals surface area contributed by atoms with Crippen molar-refractivity contribution in [3.63, 3.8) is 0 Å². The Kier molecular flexibility index (Phi) is 4.69. The number of aryl methyl sites for hydroxylation is 1. The topological polar surface area (TPSA) is 75.1 Å². The van der Waals surface area contributed by atoms with Gasteiger partial charge in [0.2, 0.25) is 5.95 Å². The molecule has 0 aliphatic rings. The van der Waals surface area contributed by atoms with Gasteiger partial charge in [-0.3, -0.25) is 0 Å². The molecule has 0 spiro atoms. The van der Waals surface area contributed by atoms with Crippen LogP contribution in [0.1, 0.15) is 31.9 Å². The zero-order valence-electron chi connectivity index (χ0n) is 9.60. The molecule has 0 bridgehead atoms. The average molecular weight is 223 g/mol. The van der Waals surface area contributed by atoms with Crippen LogP contribution in [-0.4, -0.2) is 27.1 Å². The van der Waals surface area contributed by atoms with E-state index in [-0.39, 0.29) is 0 Å². The third-order valence-electron chi connectivity index (χ3n) is 2.24. The highest BCUT2D eigenvalue weighted by Crippen LogP contribution is 2.07. The van der Waals surface area contributed by atoms with Crippen molar-refractivity contribution < 1.29 is 9.90 Å². The minimum atomic E-state index is -0.862. The maximum atomic E-state index is 11.0. The minimum Gasteiger partial charge on any atom is -0.480 e. The number of aliphatic carboxylic acids is 1. The molecule has 0 radical (unpaired) electrons. The molecule has 16 heavy (non-hydrogen) atoms. The lowest BCUT2D eigenvalue weighted by Crippen LogP contribution is -2.30. The van der Waals surface area contributed by atoms with Crippen LogP contribution in [0.5, 0.6) is 0 Å². The highest BCUT2D eigenvalue weighted by Gasteiger charge is 2.17. The Morgan fingerprint density at radius 3 is 2.94 bits per heavy atom. The fourth-order valence-electron chi connectivity index (χ4n) is 1.34. The second kappa shape index (κ2) is 6.05. The third kappa shape index (κ3) is 3.84. The zero-order valence-corrected chi connectivity index (χ0v) is 9.60. The van der Waals surface area contributed by atoms with E-state index < -0.39 is 12.0 Å². The van der Waals surface area contributed by atoms with Crippen LogP contribution in [0.4, 0.5) is 5.95 Å². The lowest BCUT2D eigenvalue weighted by atomic mass is 10.1. The molecule has 0 saturated heterocycles. The number of carbonyl (C=O) groups is 1. The summed E-state index contributed by atoms with van der Waals surface area (Å²) in [4.78, 5) is 19.1. The molecule has 5 heteroatoms. The predicted octanol–water partition coefficient (Wildman–Crippen LogP) is 1.84. The van der Waals surface area contributed by atoms with Crippen LogP contribution in [0.3, 0.4) is 0 Å². The molecular formula is C11H17N3O2. The standard InChI is InChI=1S/C11H17N3O2/c1-3-4-5-9(10(15)16)14-11-12-7-6-8(2)13-11/h6-7,9H,3-5H2,1-2H3,(H,15,16)(H,12,13,14)/t9-/m0/s1. The van der Waals surface area contributed by atoms with Crippen LogP contribution in [0, 0.1) is 6.92 Å². The summed E-state index contributed by atoms with van der Waals surface area (Å²) < 4.78 is 0. The number of carboxylic acid groups (broad SMARTS) is 1. The predicted molar refractivity (Wildman–Crippen MR) is 61.3 cm³/mol. The Morgan fingerprint density at radius 1 is 1.62 bits per heavy atom. The van der Waals surface area contributed by atoms with E-state index in [1.807, 2.05) is 13.8 Å². The van der Waals surface area contributed by atoms with Gasteiger partial charge in [-0.2, -0.15) is 0 Å². The van der Waals surface area contributed by atoms with E-state index in [2.05, 4.69) is 15.3 Å². The zero-order chi connectivity index (χ0) is 12.0. The quantitative estimate of drug-likeness (QED) is 0.769. The van der Waals surface area contributed by atoms with E-state index in [9.17, 15) is 4.79 Å². The SMILES string of the molecule is CCCC[C@H](Nc1nccc(C)n1)C(=O)O. The molecule has 0 aromatic carbocycles. The number of aromatic nitrogens is 2. The molecule has 0 saturated carbocycles. The first-order valence-electron chi connectivity index (χ1n) is 5.42.